The number of carbonyl (C=O) groups excluding carboxylic acids is 3. The van der Waals surface area contributed by atoms with Crippen LogP contribution in [0.4, 0.5) is 5.00 Å². The van der Waals surface area contributed by atoms with E-state index in [4.69, 9.17) is 9.47 Å². The van der Waals surface area contributed by atoms with Crippen LogP contribution in [-0.2, 0) is 27.1 Å². The molecule has 2 heterocycles. The van der Waals surface area contributed by atoms with E-state index in [1.165, 1.54) is 30.6 Å². The molecule has 0 unspecified atom stereocenters. The van der Waals surface area contributed by atoms with E-state index in [0.29, 0.717) is 21.2 Å². The van der Waals surface area contributed by atoms with E-state index >= 15 is 0 Å². The number of nitrogens with zero attached hydrogens (tertiary/aromatic N) is 1. The summed E-state index contributed by atoms with van der Waals surface area (Å²) in [7, 11) is 1.30. The lowest BCUT2D eigenvalue weighted by Crippen LogP contribution is -2.25. The average Bonchev–Trinajstić information content (AvgIpc) is 3.02. The number of aromatic nitrogens is 1. The Labute approximate surface area is 165 Å². The molecule has 1 aliphatic rings. The van der Waals surface area contributed by atoms with Gasteiger partial charge in [-0.25, -0.2) is 9.59 Å². The van der Waals surface area contributed by atoms with Crippen molar-refractivity contribution in [3.8, 4) is 0 Å². The zero-order valence-electron chi connectivity index (χ0n) is 15.5. The first kappa shape index (κ1) is 19.8. The molecule has 0 saturated carbocycles. The van der Waals surface area contributed by atoms with Crippen molar-refractivity contribution in [2.75, 3.05) is 19.0 Å². The first-order valence-electron chi connectivity index (χ1n) is 8.77. The van der Waals surface area contributed by atoms with Crippen LogP contribution >= 0.6 is 11.3 Å². The van der Waals surface area contributed by atoms with Crippen molar-refractivity contribution in [3.63, 3.8) is 0 Å². The van der Waals surface area contributed by atoms with Crippen molar-refractivity contribution < 1.29 is 28.6 Å². The number of amides is 1. The van der Waals surface area contributed by atoms with Crippen molar-refractivity contribution in [3.05, 3.63) is 51.3 Å². The Morgan fingerprint density at radius 1 is 1.29 bits per heavy atom. The van der Waals surface area contributed by atoms with Gasteiger partial charge in [0.2, 0.25) is 0 Å². The van der Waals surface area contributed by atoms with Crippen molar-refractivity contribution in [1.29, 1.82) is 0 Å². The van der Waals surface area contributed by atoms with Gasteiger partial charge in [0.05, 0.1) is 18.2 Å². The minimum atomic E-state index is -0.719. The van der Waals surface area contributed by atoms with Crippen LogP contribution in [0.15, 0.2) is 24.5 Å². The third-order valence-electron chi connectivity index (χ3n) is 4.53. The largest absolute Gasteiger partial charge is 0.619 e. The summed E-state index contributed by atoms with van der Waals surface area (Å²) in [6, 6.07) is 2.61. The zero-order valence-corrected chi connectivity index (χ0v) is 16.3. The highest BCUT2D eigenvalue weighted by Crippen LogP contribution is 2.39. The van der Waals surface area contributed by atoms with Crippen LogP contribution in [0.2, 0.25) is 0 Å². The van der Waals surface area contributed by atoms with Crippen molar-refractivity contribution >= 4 is 34.2 Å². The summed E-state index contributed by atoms with van der Waals surface area (Å²) in [6.07, 6.45) is 4.91. The SMILES string of the molecule is COC(=O)c1c(NC(=O)COC(=O)c2cc[n+]([O-])cc2)sc2c1CC[C@H](C)C2. The fraction of sp³-hybridized carbons (Fsp3) is 0.368. The summed E-state index contributed by atoms with van der Waals surface area (Å²) in [5.74, 6) is -1.25. The molecule has 0 saturated heterocycles. The molecule has 3 rings (SSSR count). The number of esters is 2. The van der Waals surface area contributed by atoms with Gasteiger partial charge in [-0.05, 0) is 30.7 Å². The van der Waals surface area contributed by atoms with E-state index in [1.54, 1.807) is 0 Å². The van der Waals surface area contributed by atoms with Crippen LogP contribution in [0.1, 0.15) is 44.5 Å². The molecule has 2 aromatic rings. The topological polar surface area (TPSA) is 109 Å². The van der Waals surface area contributed by atoms with E-state index in [-0.39, 0.29) is 5.56 Å². The highest BCUT2D eigenvalue weighted by Gasteiger charge is 2.29. The number of hydrogen-bond acceptors (Lipinski definition) is 7. The fourth-order valence-corrected chi connectivity index (χ4v) is 4.50. The highest BCUT2D eigenvalue weighted by molar-refractivity contribution is 7.17. The van der Waals surface area contributed by atoms with Crippen molar-refractivity contribution in [2.24, 2.45) is 5.92 Å². The van der Waals surface area contributed by atoms with Gasteiger partial charge in [-0.15, -0.1) is 11.3 Å². The van der Waals surface area contributed by atoms with Gasteiger partial charge in [0.25, 0.3) is 5.91 Å². The Balaban J connectivity index is 1.69. The predicted octanol–water partition coefficient (Wildman–Crippen LogP) is 2.09. The maximum absolute atomic E-state index is 12.3. The second-order valence-corrected chi connectivity index (χ2v) is 7.72. The van der Waals surface area contributed by atoms with E-state index < -0.39 is 24.5 Å². The normalized spacial score (nSPS) is 15.4. The summed E-state index contributed by atoms with van der Waals surface area (Å²) >= 11 is 1.36. The molecule has 0 aliphatic heterocycles. The smallest absolute Gasteiger partial charge is 0.341 e. The molecule has 2 aromatic heterocycles. The number of carbonyl (C=O) groups is 3. The lowest BCUT2D eigenvalue weighted by atomic mass is 9.88. The monoisotopic (exact) mass is 404 g/mol. The van der Waals surface area contributed by atoms with Crippen LogP contribution in [0.3, 0.4) is 0 Å². The molecule has 1 aliphatic carbocycles. The third-order valence-corrected chi connectivity index (χ3v) is 5.70. The maximum atomic E-state index is 12.3. The Kier molecular flexibility index (Phi) is 5.93. The van der Waals surface area contributed by atoms with Crippen LogP contribution in [0, 0.1) is 11.1 Å². The molecule has 0 aromatic carbocycles. The zero-order chi connectivity index (χ0) is 20.3. The standard InChI is InChI=1S/C19H20N2O6S/c1-11-3-4-13-14(9-11)28-17(16(13)19(24)26-2)20-15(22)10-27-18(23)12-5-7-21(25)8-6-12/h5-8,11H,3-4,9-10H2,1-2H3,(H,20,22)/t11-/m0/s1. The molecule has 0 fully saturated rings. The number of nitrogens with one attached hydrogen (secondary N) is 1. The van der Waals surface area contributed by atoms with E-state index in [0.717, 1.165) is 42.1 Å². The van der Waals surface area contributed by atoms with Gasteiger partial charge in [-0.3, -0.25) is 4.79 Å². The van der Waals surface area contributed by atoms with Gasteiger partial charge in [-0.1, -0.05) is 6.92 Å². The molecular formula is C19H20N2O6S. The Morgan fingerprint density at radius 3 is 2.68 bits per heavy atom. The molecule has 0 radical (unpaired) electrons. The lowest BCUT2D eigenvalue weighted by molar-refractivity contribution is -0.605. The number of thiophene rings is 1. The number of fused-ring (bicyclic) bond motifs is 1. The van der Waals surface area contributed by atoms with Gasteiger partial charge in [0.1, 0.15) is 5.00 Å². The lowest BCUT2D eigenvalue weighted by Gasteiger charge is -2.18. The minimum absolute atomic E-state index is 0.163. The Bertz CT molecular complexity index is 906. The maximum Gasteiger partial charge on any atom is 0.341 e. The first-order chi connectivity index (χ1) is 13.4. The molecule has 1 atom stereocenters. The highest BCUT2D eigenvalue weighted by atomic mass is 32.1. The Hall–Kier alpha value is -2.94. The van der Waals surface area contributed by atoms with Crippen LogP contribution < -0.4 is 10.0 Å². The molecule has 28 heavy (non-hydrogen) atoms. The average molecular weight is 404 g/mol. The number of pyridine rings is 1. The van der Waals surface area contributed by atoms with Crippen molar-refractivity contribution in [1.82, 2.24) is 0 Å². The first-order valence-corrected chi connectivity index (χ1v) is 9.59. The molecule has 1 amide bonds. The van der Waals surface area contributed by atoms with Gasteiger partial charge >= 0.3 is 11.9 Å². The summed E-state index contributed by atoms with van der Waals surface area (Å²) < 4.78 is 10.4. The molecule has 0 spiro atoms. The summed E-state index contributed by atoms with van der Waals surface area (Å²) in [4.78, 5) is 37.5. The number of rotatable bonds is 5. The summed E-state index contributed by atoms with van der Waals surface area (Å²) in [5, 5.41) is 14.1. The number of anilines is 1. The van der Waals surface area contributed by atoms with E-state index in [2.05, 4.69) is 12.2 Å². The van der Waals surface area contributed by atoms with Gasteiger partial charge in [-0.2, -0.15) is 4.73 Å². The number of ether oxygens (including phenoxy) is 2. The van der Waals surface area contributed by atoms with Gasteiger partial charge in [0, 0.05) is 17.0 Å². The van der Waals surface area contributed by atoms with Gasteiger partial charge in [0.15, 0.2) is 19.0 Å². The van der Waals surface area contributed by atoms with Gasteiger partial charge < -0.3 is 20.0 Å². The Morgan fingerprint density at radius 2 is 2.00 bits per heavy atom. The van der Waals surface area contributed by atoms with Crippen LogP contribution in [0.5, 0.6) is 0 Å². The summed E-state index contributed by atoms with van der Waals surface area (Å²) in [6.45, 7) is 1.64. The molecule has 1 N–H and O–H groups in total. The fourth-order valence-electron chi connectivity index (χ4n) is 3.08. The number of hydrogen-bond donors (Lipinski definition) is 1. The van der Waals surface area contributed by atoms with E-state index in [9.17, 15) is 19.6 Å². The van der Waals surface area contributed by atoms with Crippen LogP contribution in [-0.4, -0.2) is 31.6 Å². The van der Waals surface area contributed by atoms with E-state index in [1.807, 2.05) is 0 Å². The molecule has 9 heteroatoms. The third kappa shape index (κ3) is 4.30. The second-order valence-electron chi connectivity index (χ2n) is 6.62. The quantitative estimate of drug-likeness (QED) is 0.464. The second kappa shape index (κ2) is 8.39. The minimum Gasteiger partial charge on any atom is -0.619 e. The molecule has 0 bridgehead atoms. The summed E-state index contributed by atoms with van der Waals surface area (Å²) in [5.41, 5.74) is 1.48. The molecule has 148 valence electrons. The molecule has 8 nitrogen and oxygen atoms in total. The molecular weight excluding hydrogens is 384 g/mol. The van der Waals surface area contributed by atoms with Crippen molar-refractivity contribution in [2.45, 2.75) is 26.2 Å². The number of methoxy groups -OCH3 is 1. The predicted molar refractivity (Wildman–Crippen MR) is 101 cm³/mol. The van der Waals surface area contributed by atoms with Crippen LogP contribution in [0.25, 0.3) is 0 Å².